The number of hydrogen-bond acceptors (Lipinski definition) is 2. The summed E-state index contributed by atoms with van der Waals surface area (Å²) in [6.07, 6.45) is 25.5. The molecule has 198 valence electrons. The van der Waals surface area contributed by atoms with Crippen molar-refractivity contribution in [3.63, 3.8) is 0 Å². The number of carboxylic acid groups (broad SMARTS) is 1. The monoisotopic (exact) mass is 470 g/mol. The third-order valence-electron chi connectivity index (χ3n) is 7.09. The summed E-state index contributed by atoms with van der Waals surface area (Å²) >= 11 is 0. The van der Waals surface area contributed by atoms with Gasteiger partial charge >= 0.3 is 5.97 Å². The molecule has 0 fully saturated rings. The first-order valence-electron chi connectivity index (χ1n) is 14.5. The number of carboxylic acids is 1. The van der Waals surface area contributed by atoms with E-state index in [0.717, 1.165) is 38.8 Å². The zero-order valence-electron chi connectivity index (χ0n) is 23.0. The van der Waals surface area contributed by atoms with Crippen molar-refractivity contribution in [3.8, 4) is 0 Å². The maximum Gasteiger partial charge on any atom is 0.303 e. The minimum absolute atomic E-state index is 0.215. The Hall–Kier alpha value is -0.610. The number of unbranched alkanes of at least 4 members (excludes halogenated alkanes) is 15. The molecule has 0 radical (unpaired) electrons. The van der Waals surface area contributed by atoms with Crippen molar-refractivity contribution in [2.24, 2.45) is 0 Å². The average Bonchev–Trinajstić information content (AvgIpc) is 2.72. The normalized spacial score (nSPS) is 13.8. The van der Waals surface area contributed by atoms with E-state index in [1.807, 2.05) is 0 Å². The average molecular weight is 471 g/mol. The van der Waals surface area contributed by atoms with Crippen molar-refractivity contribution in [1.82, 2.24) is 0 Å². The van der Waals surface area contributed by atoms with E-state index in [-0.39, 0.29) is 6.42 Å². The molecule has 0 bridgehead atoms. The van der Waals surface area contributed by atoms with Gasteiger partial charge in [0.1, 0.15) is 12.1 Å². The summed E-state index contributed by atoms with van der Waals surface area (Å²) in [6, 6.07) is 0. The van der Waals surface area contributed by atoms with Crippen LogP contribution in [0.5, 0.6) is 0 Å². The molecule has 0 aliphatic rings. The van der Waals surface area contributed by atoms with E-state index in [9.17, 15) is 9.90 Å². The highest BCUT2D eigenvalue weighted by molar-refractivity contribution is 5.66. The molecule has 4 nitrogen and oxygen atoms in total. The zero-order chi connectivity index (χ0) is 24.8. The molecular formula is C29H60NO3+. The van der Waals surface area contributed by atoms with Crippen LogP contribution < -0.4 is 0 Å². The molecule has 0 aliphatic heterocycles. The van der Waals surface area contributed by atoms with Crippen LogP contribution in [0.1, 0.15) is 149 Å². The molecule has 0 rings (SSSR count). The molecule has 0 saturated carbocycles. The molecule has 0 saturated heterocycles. The van der Waals surface area contributed by atoms with E-state index >= 15 is 0 Å². The van der Waals surface area contributed by atoms with Crippen LogP contribution in [0.25, 0.3) is 0 Å². The van der Waals surface area contributed by atoms with E-state index in [0.29, 0.717) is 10.9 Å². The molecule has 1 atom stereocenters. The lowest BCUT2D eigenvalue weighted by atomic mass is 9.89. The Bertz CT molecular complexity index is 452. The van der Waals surface area contributed by atoms with Gasteiger partial charge in [-0.1, -0.05) is 123 Å². The Morgan fingerprint density at radius 1 is 0.636 bits per heavy atom. The maximum absolute atomic E-state index is 11.2. The van der Waals surface area contributed by atoms with Crippen LogP contribution in [0.15, 0.2) is 0 Å². The Morgan fingerprint density at radius 3 is 1.45 bits per heavy atom. The summed E-state index contributed by atoms with van der Waals surface area (Å²) in [7, 11) is 4.24. The van der Waals surface area contributed by atoms with Gasteiger partial charge in [0.05, 0.1) is 27.1 Å². The first-order chi connectivity index (χ1) is 15.7. The molecule has 2 N–H and O–H groups in total. The summed E-state index contributed by atoms with van der Waals surface area (Å²) < 4.78 is 0.697. The number of rotatable bonds is 25. The molecule has 0 aromatic rings. The van der Waals surface area contributed by atoms with Gasteiger partial charge in [-0.15, -0.1) is 0 Å². The molecular weight excluding hydrogens is 410 g/mol. The highest BCUT2D eigenvalue weighted by Gasteiger charge is 2.33. The molecule has 0 aromatic heterocycles. The smallest absolute Gasteiger partial charge is 0.303 e. The topological polar surface area (TPSA) is 57.5 Å². The molecule has 0 aliphatic carbocycles. The lowest BCUT2D eigenvalue weighted by molar-refractivity contribution is -0.897. The van der Waals surface area contributed by atoms with Gasteiger partial charge in [-0.2, -0.15) is 0 Å². The number of aliphatic carboxylic acids is 1. The maximum atomic E-state index is 11.2. The zero-order valence-corrected chi connectivity index (χ0v) is 23.0. The third-order valence-corrected chi connectivity index (χ3v) is 7.09. The van der Waals surface area contributed by atoms with Gasteiger partial charge < -0.3 is 14.7 Å². The van der Waals surface area contributed by atoms with Crippen molar-refractivity contribution < 1.29 is 19.5 Å². The first kappa shape index (κ1) is 32.4. The SMILES string of the molecule is CCCCCCCCCCCCCCCCCCC(O)(CCC)C[N+](C)(C)CCCC(=O)O. The quantitative estimate of drug-likeness (QED) is 0.105. The fraction of sp³-hybridized carbons (Fsp3) is 0.966. The Kier molecular flexibility index (Phi) is 20.4. The molecule has 0 heterocycles. The van der Waals surface area contributed by atoms with Crippen LogP contribution in [-0.2, 0) is 4.79 Å². The summed E-state index contributed by atoms with van der Waals surface area (Å²) in [4.78, 5) is 10.8. The predicted molar refractivity (Wildman–Crippen MR) is 143 cm³/mol. The van der Waals surface area contributed by atoms with E-state index < -0.39 is 11.6 Å². The second kappa shape index (κ2) is 20.7. The van der Waals surface area contributed by atoms with Gasteiger partial charge in [-0.25, -0.2) is 0 Å². The van der Waals surface area contributed by atoms with E-state index in [1.165, 1.54) is 96.3 Å². The fourth-order valence-corrected chi connectivity index (χ4v) is 5.28. The number of carbonyl (C=O) groups is 1. The van der Waals surface area contributed by atoms with E-state index in [2.05, 4.69) is 27.9 Å². The third kappa shape index (κ3) is 21.6. The van der Waals surface area contributed by atoms with E-state index in [4.69, 9.17) is 5.11 Å². The Labute approximate surface area is 207 Å². The fourth-order valence-electron chi connectivity index (χ4n) is 5.28. The highest BCUT2D eigenvalue weighted by atomic mass is 16.4. The van der Waals surface area contributed by atoms with Crippen molar-refractivity contribution in [2.75, 3.05) is 27.2 Å². The van der Waals surface area contributed by atoms with Gasteiger partial charge in [-0.3, -0.25) is 4.79 Å². The summed E-state index contributed by atoms with van der Waals surface area (Å²) in [5, 5.41) is 20.1. The van der Waals surface area contributed by atoms with Crippen LogP contribution in [0, 0.1) is 0 Å². The van der Waals surface area contributed by atoms with Gasteiger partial charge in [0.25, 0.3) is 0 Å². The molecule has 0 aromatic carbocycles. The van der Waals surface area contributed by atoms with Crippen LogP contribution in [0.2, 0.25) is 0 Å². The Balaban J connectivity index is 3.76. The van der Waals surface area contributed by atoms with Crippen LogP contribution >= 0.6 is 0 Å². The minimum atomic E-state index is -0.730. The van der Waals surface area contributed by atoms with Crippen LogP contribution in [-0.4, -0.2) is 53.5 Å². The number of likely N-dealkylation sites (N-methyl/N-ethyl adjacent to an activating group) is 1. The van der Waals surface area contributed by atoms with Crippen molar-refractivity contribution in [3.05, 3.63) is 0 Å². The second-order valence-corrected chi connectivity index (χ2v) is 11.3. The molecule has 1 unspecified atom stereocenters. The number of aliphatic hydroxyl groups is 1. The summed E-state index contributed by atoms with van der Waals surface area (Å²) in [5.41, 5.74) is -0.614. The largest absolute Gasteiger partial charge is 0.481 e. The number of quaternary nitrogens is 1. The Morgan fingerprint density at radius 2 is 1.06 bits per heavy atom. The standard InChI is InChI=1S/C29H59NO3/c1-5-7-8-9-10-11-12-13-14-15-16-17-18-19-20-21-25-29(33,24-6-2)27-30(3,4)26-22-23-28(31)32/h33H,5-27H2,1-4H3/p+1. The molecule has 33 heavy (non-hydrogen) atoms. The lowest BCUT2D eigenvalue weighted by Gasteiger charge is -2.38. The molecule has 0 amide bonds. The van der Waals surface area contributed by atoms with Crippen LogP contribution in [0.4, 0.5) is 0 Å². The van der Waals surface area contributed by atoms with Crippen molar-refractivity contribution in [1.29, 1.82) is 0 Å². The van der Waals surface area contributed by atoms with Gasteiger partial charge in [-0.05, 0) is 12.8 Å². The second-order valence-electron chi connectivity index (χ2n) is 11.3. The first-order valence-corrected chi connectivity index (χ1v) is 14.5. The molecule has 0 spiro atoms. The van der Waals surface area contributed by atoms with Gasteiger partial charge in [0.2, 0.25) is 0 Å². The van der Waals surface area contributed by atoms with Crippen molar-refractivity contribution in [2.45, 2.75) is 154 Å². The van der Waals surface area contributed by atoms with E-state index in [1.54, 1.807) is 0 Å². The van der Waals surface area contributed by atoms with Crippen LogP contribution in [0.3, 0.4) is 0 Å². The van der Waals surface area contributed by atoms with Gasteiger partial charge in [0, 0.05) is 6.42 Å². The van der Waals surface area contributed by atoms with Crippen molar-refractivity contribution >= 4 is 5.97 Å². The predicted octanol–water partition coefficient (Wildman–Crippen LogP) is 8.11. The number of nitrogens with zero attached hydrogens (tertiary/aromatic N) is 1. The molecule has 4 heteroatoms. The highest BCUT2D eigenvalue weighted by Crippen LogP contribution is 2.25. The summed E-state index contributed by atoms with van der Waals surface area (Å²) in [5.74, 6) is -0.730. The number of hydrogen-bond donors (Lipinski definition) is 2. The van der Waals surface area contributed by atoms with Gasteiger partial charge in [0.15, 0.2) is 0 Å². The summed E-state index contributed by atoms with van der Waals surface area (Å²) in [6.45, 7) is 5.95. The lowest BCUT2D eigenvalue weighted by Crippen LogP contribution is -2.52. The minimum Gasteiger partial charge on any atom is -0.481 e.